The first-order chi connectivity index (χ1) is 13.2. The van der Waals surface area contributed by atoms with E-state index >= 15 is 0 Å². The zero-order chi connectivity index (χ0) is 19.1. The number of methoxy groups -OCH3 is 1. The van der Waals surface area contributed by atoms with Crippen LogP contribution in [-0.2, 0) is 11.2 Å². The SMILES string of the molecule is COc1ccc(CCC(=O)NCC(c2ccccc2)N2CCCC2)cc1F. The summed E-state index contributed by atoms with van der Waals surface area (Å²) in [6.07, 6.45) is 3.26. The van der Waals surface area contributed by atoms with Gasteiger partial charge in [0.05, 0.1) is 13.2 Å². The molecule has 1 heterocycles. The van der Waals surface area contributed by atoms with E-state index < -0.39 is 5.82 Å². The normalized spacial score (nSPS) is 15.5. The van der Waals surface area contributed by atoms with Crippen molar-refractivity contribution in [1.82, 2.24) is 10.2 Å². The Balaban J connectivity index is 1.54. The molecule has 144 valence electrons. The molecule has 1 N–H and O–H groups in total. The van der Waals surface area contributed by atoms with Crippen LogP contribution in [0.4, 0.5) is 4.39 Å². The van der Waals surface area contributed by atoms with Gasteiger partial charge >= 0.3 is 0 Å². The summed E-state index contributed by atoms with van der Waals surface area (Å²) in [7, 11) is 1.44. The topological polar surface area (TPSA) is 41.6 Å². The number of rotatable bonds is 8. The third-order valence-corrected chi connectivity index (χ3v) is 5.12. The van der Waals surface area contributed by atoms with Gasteiger partial charge in [-0.2, -0.15) is 0 Å². The molecule has 4 nitrogen and oxygen atoms in total. The van der Waals surface area contributed by atoms with Gasteiger partial charge in [0, 0.05) is 13.0 Å². The van der Waals surface area contributed by atoms with Crippen LogP contribution in [0.15, 0.2) is 48.5 Å². The van der Waals surface area contributed by atoms with Crippen LogP contribution in [0.1, 0.15) is 36.4 Å². The number of carbonyl (C=O) groups is 1. The second-order valence-corrected chi connectivity index (χ2v) is 6.94. The van der Waals surface area contributed by atoms with Crippen molar-refractivity contribution in [3.63, 3.8) is 0 Å². The largest absolute Gasteiger partial charge is 0.494 e. The van der Waals surface area contributed by atoms with Crippen LogP contribution in [0.3, 0.4) is 0 Å². The van der Waals surface area contributed by atoms with Crippen molar-refractivity contribution >= 4 is 5.91 Å². The first-order valence-corrected chi connectivity index (χ1v) is 9.55. The molecule has 0 saturated carbocycles. The Hall–Kier alpha value is -2.40. The van der Waals surface area contributed by atoms with Crippen LogP contribution in [0.2, 0.25) is 0 Å². The van der Waals surface area contributed by atoms with E-state index in [0.717, 1.165) is 18.7 Å². The molecule has 27 heavy (non-hydrogen) atoms. The zero-order valence-corrected chi connectivity index (χ0v) is 15.8. The summed E-state index contributed by atoms with van der Waals surface area (Å²) in [5.74, 6) is -0.181. The molecule has 0 bridgehead atoms. The first kappa shape index (κ1) is 19.4. The summed E-state index contributed by atoms with van der Waals surface area (Å²) >= 11 is 0. The number of nitrogens with one attached hydrogen (secondary N) is 1. The highest BCUT2D eigenvalue weighted by molar-refractivity contribution is 5.76. The quantitative estimate of drug-likeness (QED) is 0.770. The fraction of sp³-hybridized carbons (Fsp3) is 0.409. The number of hydrogen-bond donors (Lipinski definition) is 1. The molecule has 2 aromatic rings. The van der Waals surface area contributed by atoms with E-state index in [-0.39, 0.29) is 17.7 Å². The van der Waals surface area contributed by atoms with Crippen molar-refractivity contribution in [2.75, 3.05) is 26.7 Å². The average molecular weight is 370 g/mol. The number of benzene rings is 2. The molecule has 0 radical (unpaired) electrons. The van der Waals surface area contributed by atoms with Crippen molar-refractivity contribution < 1.29 is 13.9 Å². The van der Waals surface area contributed by atoms with Crippen molar-refractivity contribution in [3.8, 4) is 5.75 Å². The molecular formula is C22H27FN2O2. The van der Waals surface area contributed by atoms with Gasteiger partial charge < -0.3 is 10.1 Å². The molecule has 0 aliphatic carbocycles. The molecule has 1 fully saturated rings. The monoisotopic (exact) mass is 370 g/mol. The first-order valence-electron chi connectivity index (χ1n) is 9.55. The second-order valence-electron chi connectivity index (χ2n) is 6.94. The number of nitrogens with zero attached hydrogens (tertiary/aromatic N) is 1. The van der Waals surface area contributed by atoms with Gasteiger partial charge in [-0.15, -0.1) is 0 Å². The Morgan fingerprint density at radius 3 is 2.59 bits per heavy atom. The molecule has 1 atom stereocenters. The van der Waals surface area contributed by atoms with Gasteiger partial charge in [-0.05, 0) is 55.6 Å². The Labute approximate surface area is 160 Å². The highest BCUT2D eigenvalue weighted by Crippen LogP contribution is 2.24. The summed E-state index contributed by atoms with van der Waals surface area (Å²) in [5.41, 5.74) is 2.03. The van der Waals surface area contributed by atoms with Crippen LogP contribution in [-0.4, -0.2) is 37.6 Å². The van der Waals surface area contributed by atoms with E-state index in [1.807, 2.05) is 18.2 Å². The lowest BCUT2D eigenvalue weighted by molar-refractivity contribution is -0.121. The van der Waals surface area contributed by atoms with Crippen LogP contribution in [0, 0.1) is 5.82 Å². The highest BCUT2D eigenvalue weighted by Gasteiger charge is 2.23. The van der Waals surface area contributed by atoms with Gasteiger partial charge in [0.25, 0.3) is 0 Å². The number of ether oxygens (including phenoxy) is 1. The summed E-state index contributed by atoms with van der Waals surface area (Å²) < 4.78 is 18.7. The molecule has 0 spiro atoms. The fourth-order valence-corrected chi connectivity index (χ4v) is 3.61. The molecule has 2 aromatic carbocycles. The van der Waals surface area contributed by atoms with Gasteiger partial charge in [0.2, 0.25) is 5.91 Å². The average Bonchev–Trinajstić information content (AvgIpc) is 3.22. The van der Waals surface area contributed by atoms with E-state index in [0.29, 0.717) is 19.4 Å². The maximum Gasteiger partial charge on any atom is 0.220 e. The minimum Gasteiger partial charge on any atom is -0.494 e. The fourth-order valence-electron chi connectivity index (χ4n) is 3.61. The van der Waals surface area contributed by atoms with E-state index in [1.165, 1.54) is 31.6 Å². The molecule has 1 saturated heterocycles. The van der Waals surface area contributed by atoms with E-state index in [4.69, 9.17) is 4.74 Å². The maximum absolute atomic E-state index is 13.8. The zero-order valence-electron chi connectivity index (χ0n) is 15.8. The van der Waals surface area contributed by atoms with E-state index in [1.54, 1.807) is 12.1 Å². The van der Waals surface area contributed by atoms with Crippen LogP contribution >= 0.6 is 0 Å². The van der Waals surface area contributed by atoms with Gasteiger partial charge in [-0.3, -0.25) is 9.69 Å². The standard InChI is InChI=1S/C22H27FN2O2/c1-27-21-11-9-17(15-19(21)23)10-12-22(26)24-16-20(25-13-5-6-14-25)18-7-3-2-4-8-18/h2-4,7-9,11,15,20H,5-6,10,12-14,16H2,1H3,(H,24,26). The van der Waals surface area contributed by atoms with Crippen molar-refractivity contribution in [1.29, 1.82) is 0 Å². The highest BCUT2D eigenvalue weighted by atomic mass is 19.1. The van der Waals surface area contributed by atoms with Gasteiger partial charge in [0.15, 0.2) is 11.6 Å². The van der Waals surface area contributed by atoms with Crippen molar-refractivity contribution in [2.24, 2.45) is 0 Å². The van der Waals surface area contributed by atoms with Crippen LogP contribution in [0.5, 0.6) is 5.75 Å². The summed E-state index contributed by atoms with van der Waals surface area (Å²) in [5, 5.41) is 3.07. The predicted molar refractivity (Wildman–Crippen MR) is 104 cm³/mol. The number of aryl methyl sites for hydroxylation is 1. The summed E-state index contributed by atoms with van der Waals surface area (Å²) in [4.78, 5) is 14.8. The number of amides is 1. The van der Waals surface area contributed by atoms with Gasteiger partial charge in [-0.1, -0.05) is 36.4 Å². The lowest BCUT2D eigenvalue weighted by Crippen LogP contribution is -2.36. The molecule has 1 aliphatic heterocycles. The Morgan fingerprint density at radius 1 is 1.19 bits per heavy atom. The number of likely N-dealkylation sites (tertiary alicyclic amines) is 1. The Kier molecular flexibility index (Phi) is 6.82. The second kappa shape index (κ2) is 9.51. The van der Waals surface area contributed by atoms with Crippen LogP contribution in [0.25, 0.3) is 0 Å². The minimum atomic E-state index is -0.395. The van der Waals surface area contributed by atoms with Gasteiger partial charge in [-0.25, -0.2) is 4.39 Å². The predicted octanol–water partition coefficient (Wildman–Crippen LogP) is 3.72. The third-order valence-electron chi connectivity index (χ3n) is 5.12. The van der Waals surface area contributed by atoms with Crippen LogP contribution < -0.4 is 10.1 Å². The van der Waals surface area contributed by atoms with Gasteiger partial charge in [0.1, 0.15) is 0 Å². The minimum absolute atomic E-state index is 0.00801. The van der Waals surface area contributed by atoms with E-state index in [2.05, 4.69) is 22.3 Å². The smallest absolute Gasteiger partial charge is 0.220 e. The molecule has 0 aromatic heterocycles. The molecule has 1 aliphatic rings. The van der Waals surface area contributed by atoms with Crippen molar-refractivity contribution in [3.05, 3.63) is 65.5 Å². The lowest BCUT2D eigenvalue weighted by Gasteiger charge is -2.28. The molecule has 1 unspecified atom stereocenters. The summed E-state index contributed by atoms with van der Waals surface area (Å²) in [6.45, 7) is 2.74. The van der Waals surface area contributed by atoms with Crippen molar-refractivity contribution in [2.45, 2.75) is 31.7 Å². The maximum atomic E-state index is 13.8. The Morgan fingerprint density at radius 2 is 1.93 bits per heavy atom. The summed E-state index contributed by atoms with van der Waals surface area (Å²) in [6, 6.07) is 15.4. The number of halogens is 1. The van der Waals surface area contributed by atoms with E-state index in [9.17, 15) is 9.18 Å². The Bertz CT molecular complexity index is 745. The lowest BCUT2D eigenvalue weighted by atomic mass is 10.1. The third kappa shape index (κ3) is 5.30. The molecular weight excluding hydrogens is 343 g/mol. The number of carbonyl (C=O) groups excluding carboxylic acids is 1. The molecule has 3 rings (SSSR count). The molecule has 1 amide bonds. The molecule has 5 heteroatoms. The number of hydrogen-bond acceptors (Lipinski definition) is 3.